The number of nitrogens with zero attached hydrogens (tertiary/aromatic N) is 1. The van der Waals surface area contributed by atoms with Gasteiger partial charge in [-0.15, -0.1) is 0 Å². The second-order valence-corrected chi connectivity index (χ2v) is 4.96. The Morgan fingerprint density at radius 1 is 1.29 bits per heavy atom. The van der Waals surface area contributed by atoms with Crippen LogP contribution in [0.3, 0.4) is 0 Å². The van der Waals surface area contributed by atoms with Crippen molar-refractivity contribution in [2.24, 2.45) is 0 Å². The summed E-state index contributed by atoms with van der Waals surface area (Å²) in [5, 5.41) is 0. The average molecular weight is 235 g/mol. The Balaban J connectivity index is 3.13. The third kappa shape index (κ3) is 2.67. The van der Waals surface area contributed by atoms with Gasteiger partial charge >= 0.3 is 0 Å². The van der Waals surface area contributed by atoms with Crippen LogP contribution in [0.25, 0.3) is 0 Å². The van der Waals surface area contributed by atoms with Gasteiger partial charge in [0.1, 0.15) is 5.75 Å². The standard InChI is InChI=1S/C14H21NO2/c1-10-9-11(17-6)7-8-12(10)13(16)14(2,3)15(4)5/h7-9H,1-6H3. The molecule has 94 valence electrons. The summed E-state index contributed by atoms with van der Waals surface area (Å²) >= 11 is 0. The number of aryl methyl sites for hydroxylation is 1. The van der Waals surface area contributed by atoms with E-state index in [2.05, 4.69) is 0 Å². The predicted molar refractivity (Wildman–Crippen MR) is 69.8 cm³/mol. The number of hydrogen-bond acceptors (Lipinski definition) is 3. The van der Waals surface area contributed by atoms with Gasteiger partial charge in [-0.1, -0.05) is 0 Å². The van der Waals surface area contributed by atoms with Crippen LogP contribution in [0.2, 0.25) is 0 Å². The summed E-state index contributed by atoms with van der Waals surface area (Å²) < 4.78 is 5.14. The molecule has 17 heavy (non-hydrogen) atoms. The fraction of sp³-hybridized carbons (Fsp3) is 0.500. The number of carbonyl (C=O) groups excluding carboxylic acids is 1. The van der Waals surface area contributed by atoms with Gasteiger partial charge in [0.2, 0.25) is 0 Å². The Bertz CT molecular complexity index is 422. The zero-order valence-electron chi connectivity index (χ0n) is 11.5. The van der Waals surface area contributed by atoms with Crippen molar-refractivity contribution in [2.45, 2.75) is 26.3 Å². The molecule has 0 fully saturated rings. The second kappa shape index (κ2) is 4.88. The van der Waals surface area contributed by atoms with E-state index < -0.39 is 5.54 Å². The molecule has 0 aliphatic carbocycles. The molecule has 1 aromatic rings. The van der Waals surface area contributed by atoms with E-state index in [9.17, 15) is 4.79 Å². The van der Waals surface area contributed by atoms with E-state index in [4.69, 9.17) is 4.74 Å². The minimum absolute atomic E-state index is 0.127. The first-order valence-electron chi connectivity index (χ1n) is 5.67. The van der Waals surface area contributed by atoms with Gasteiger partial charge in [0, 0.05) is 5.56 Å². The Morgan fingerprint density at radius 2 is 1.88 bits per heavy atom. The largest absolute Gasteiger partial charge is 0.497 e. The second-order valence-electron chi connectivity index (χ2n) is 4.96. The first-order valence-corrected chi connectivity index (χ1v) is 5.67. The van der Waals surface area contributed by atoms with Crippen molar-refractivity contribution in [3.05, 3.63) is 29.3 Å². The van der Waals surface area contributed by atoms with Crippen molar-refractivity contribution < 1.29 is 9.53 Å². The first kappa shape index (κ1) is 13.7. The Kier molecular flexibility index (Phi) is 3.94. The van der Waals surface area contributed by atoms with Crippen LogP contribution in [-0.4, -0.2) is 37.4 Å². The molecule has 0 radical (unpaired) electrons. The normalized spacial score (nSPS) is 11.7. The summed E-state index contributed by atoms with van der Waals surface area (Å²) in [6.07, 6.45) is 0. The minimum atomic E-state index is -0.501. The van der Waals surface area contributed by atoms with Gasteiger partial charge in [-0.2, -0.15) is 0 Å². The number of carbonyl (C=O) groups is 1. The van der Waals surface area contributed by atoms with Crippen LogP contribution in [0.15, 0.2) is 18.2 Å². The maximum Gasteiger partial charge on any atom is 0.182 e. The summed E-state index contributed by atoms with van der Waals surface area (Å²) in [5.74, 6) is 0.907. The summed E-state index contributed by atoms with van der Waals surface area (Å²) in [6.45, 7) is 5.79. The fourth-order valence-corrected chi connectivity index (χ4v) is 1.55. The van der Waals surface area contributed by atoms with Crippen LogP contribution < -0.4 is 4.74 Å². The molecule has 0 heterocycles. The van der Waals surface area contributed by atoms with E-state index in [-0.39, 0.29) is 5.78 Å². The molecule has 0 N–H and O–H groups in total. The lowest BCUT2D eigenvalue weighted by Gasteiger charge is -2.31. The van der Waals surface area contributed by atoms with E-state index in [1.807, 2.05) is 58.0 Å². The van der Waals surface area contributed by atoms with E-state index in [0.29, 0.717) is 0 Å². The van der Waals surface area contributed by atoms with Crippen LogP contribution in [0, 0.1) is 6.92 Å². The van der Waals surface area contributed by atoms with Crippen molar-refractivity contribution >= 4 is 5.78 Å². The smallest absolute Gasteiger partial charge is 0.182 e. The molecule has 1 aromatic carbocycles. The van der Waals surface area contributed by atoms with E-state index >= 15 is 0 Å². The summed E-state index contributed by atoms with van der Waals surface area (Å²) in [4.78, 5) is 14.4. The molecule has 3 nitrogen and oxygen atoms in total. The Labute approximate surface area is 103 Å². The molecule has 3 heteroatoms. The van der Waals surface area contributed by atoms with Gasteiger partial charge in [-0.05, 0) is 58.6 Å². The van der Waals surface area contributed by atoms with Gasteiger partial charge in [0.25, 0.3) is 0 Å². The maximum atomic E-state index is 12.4. The third-order valence-electron chi connectivity index (χ3n) is 3.35. The summed E-state index contributed by atoms with van der Waals surface area (Å²) in [7, 11) is 5.45. The fourth-order valence-electron chi connectivity index (χ4n) is 1.55. The molecule has 0 aliphatic heterocycles. The highest BCUT2D eigenvalue weighted by molar-refractivity contribution is 6.03. The number of rotatable bonds is 4. The third-order valence-corrected chi connectivity index (χ3v) is 3.35. The van der Waals surface area contributed by atoms with Gasteiger partial charge < -0.3 is 4.74 Å². The number of ether oxygens (including phenoxy) is 1. The molecule has 0 saturated heterocycles. The van der Waals surface area contributed by atoms with Crippen LogP contribution in [-0.2, 0) is 0 Å². The molecule has 0 aliphatic rings. The topological polar surface area (TPSA) is 29.5 Å². The zero-order valence-corrected chi connectivity index (χ0v) is 11.5. The van der Waals surface area contributed by atoms with Crippen molar-refractivity contribution in [2.75, 3.05) is 21.2 Å². The SMILES string of the molecule is COc1ccc(C(=O)C(C)(C)N(C)C)c(C)c1. The van der Waals surface area contributed by atoms with Crippen LogP contribution >= 0.6 is 0 Å². The molecule has 0 spiro atoms. The molecule has 0 atom stereocenters. The lowest BCUT2D eigenvalue weighted by Crippen LogP contribution is -2.45. The van der Waals surface area contributed by atoms with E-state index in [1.165, 1.54) is 0 Å². The highest BCUT2D eigenvalue weighted by atomic mass is 16.5. The Morgan fingerprint density at radius 3 is 2.29 bits per heavy atom. The lowest BCUT2D eigenvalue weighted by atomic mass is 9.89. The quantitative estimate of drug-likeness (QED) is 0.751. The highest BCUT2D eigenvalue weighted by Gasteiger charge is 2.31. The number of benzene rings is 1. The summed E-state index contributed by atoms with van der Waals surface area (Å²) in [6, 6.07) is 5.55. The van der Waals surface area contributed by atoms with Crippen molar-refractivity contribution in [3.8, 4) is 5.75 Å². The number of methoxy groups -OCH3 is 1. The van der Waals surface area contributed by atoms with Gasteiger partial charge in [-0.25, -0.2) is 0 Å². The highest BCUT2D eigenvalue weighted by Crippen LogP contribution is 2.23. The summed E-state index contributed by atoms with van der Waals surface area (Å²) in [5.41, 5.74) is 1.20. The van der Waals surface area contributed by atoms with Gasteiger partial charge in [0.15, 0.2) is 5.78 Å². The molecular formula is C14H21NO2. The molecule has 0 saturated carbocycles. The monoisotopic (exact) mass is 235 g/mol. The molecule has 0 aromatic heterocycles. The number of ketones is 1. The van der Waals surface area contributed by atoms with Crippen LogP contribution in [0.5, 0.6) is 5.75 Å². The predicted octanol–water partition coefficient (Wildman–Crippen LogP) is 2.53. The molecule has 0 unspecified atom stereocenters. The minimum Gasteiger partial charge on any atom is -0.497 e. The van der Waals surface area contributed by atoms with Gasteiger partial charge in [-0.3, -0.25) is 9.69 Å². The molecule has 1 rings (SSSR count). The van der Waals surface area contributed by atoms with Gasteiger partial charge in [0.05, 0.1) is 12.6 Å². The maximum absolute atomic E-state index is 12.4. The van der Waals surface area contributed by atoms with Crippen LogP contribution in [0.1, 0.15) is 29.8 Å². The number of likely N-dealkylation sites (N-methyl/N-ethyl adjacent to an activating group) is 1. The number of Topliss-reactive ketones (excluding diaryl/α,β-unsaturated/α-hetero) is 1. The van der Waals surface area contributed by atoms with Crippen molar-refractivity contribution in [1.29, 1.82) is 0 Å². The molecular weight excluding hydrogens is 214 g/mol. The van der Waals surface area contributed by atoms with Crippen molar-refractivity contribution in [1.82, 2.24) is 4.90 Å². The lowest BCUT2D eigenvalue weighted by molar-refractivity contribution is 0.0755. The average Bonchev–Trinajstić information content (AvgIpc) is 2.27. The van der Waals surface area contributed by atoms with Crippen molar-refractivity contribution in [3.63, 3.8) is 0 Å². The van der Waals surface area contributed by atoms with E-state index in [1.54, 1.807) is 7.11 Å². The number of hydrogen-bond donors (Lipinski definition) is 0. The molecule has 0 bridgehead atoms. The molecule has 0 amide bonds. The van der Waals surface area contributed by atoms with Crippen LogP contribution in [0.4, 0.5) is 0 Å². The first-order chi connectivity index (χ1) is 7.80. The zero-order chi connectivity index (χ0) is 13.2. The van der Waals surface area contributed by atoms with E-state index in [0.717, 1.165) is 16.9 Å². The Hall–Kier alpha value is -1.35.